The Labute approximate surface area is 170 Å². The van der Waals surface area contributed by atoms with E-state index < -0.39 is 5.54 Å². The molecule has 0 bridgehead atoms. The fourth-order valence-corrected chi connectivity index (χ4v) is 3.75. The smallest absolute Gasteiger partial charge is 0.332 e. The maximum absolute atomic E-state index is 12.7. The van der Waals surface area contributed by atoms with Crippen LogP contribution in [0.25, 0.3) is 5.69 Å². The molecule has 1 fully saturated rings. The van der Waals surface area contributed by atoms with Gasteiger partial charge < -0.3 is 10.6 Å². The van der Waals surface area contributed by atoms with Gasteiger partial charge >= 0.3 is 5.69 Å². The van der Waals surface area contributed by atoms with Crippen molar-refractivity contribution in [3.8, 4) is 5.69 Å². The zero-order valence-electron chi connectivity index (χ0n) is 17.0. The summed E-state index contributed by atoms with van der Waals surface area (Å²) >= 11 is 0. The number of para-hydroxylation sites is 1. The zero-order valence-corrected chi connectivity index (χ0v) is 17.0. The molecule has 3 heterocycles. The highest BCUT2D eigenvalue weighted by atomic mass is 16.1. The van der Waals surface area contributed by atoms with Crippen LogP contribution in [0.5, 0.6) is 0 Å². The van der Waals surface area contributed by atoms with Crippen molar-refractivity contribution in [1.29, 1.82) is 0 Å². The topological polar surface area (TPSA) is 82.0 Å². The summed E-state index contributed by atoms with van der Waals surface area (Å²) in [6.07, 6.45) is 9.40. The van der Waals surface area contributed by atoms with Crippen LogP contribution in [-0.4, -0.2) is 32.2 Å². The summed E-state index contributed by atoms with van der Waals surface area (Å²) in [5, 5.41) is 0. The van der Waals surface area contributed by atoms with Gasteiger partial charge in [0, 0.05) is 55.5 Å². The Kier molecular flexibility index (Phi) is 5.24. The van der Waals surface area contributed by atoms with E-state index in [9.17, 15) is 4.79 Å². The maximum Gasteiger partial charge on any atom is 0.332 e. The van der Waals surface area contributed by atoms with Crippen molar-refractivity contribution in [1.82, 2.24) is 19.1 Å². The predicted molar refractivity (Wildman–Crippen MR) is 114 cm³/mol. The first-order chi connectivity index (χ1) is 13.9. The van der Waals surface area contributed by atoms with Gasteiger partial charge in [-0.1, -0.05) is 18.2 Å². The molecule has 0 saturated carbocycles. The van der Waals surface area contributed by atoms with Crippen molar-refractivity contribution < 1.29 is 0 Å². The van der Waals surface area contributed by atoms with Gasteiger partial charge in [0.2, 0.25) is 5.95 Å². The molecule has 1 saturated heterocycles. The lowest BCUT2D eigenvalue weighted by Gasteiger charge is -2.32. The van der Waals surface area contributed by atoms with Crippen molar-refractivity contribution in [3.05, 3.63) is 71.2 Å². The number of anilines is 1. The van der Waals surface area contributed by atoms with Crippen LogP contribution in [0, 0.1) is 5.92 Å². The van der Waals surface area contributed by atoms with Crippen molar-refractivity contribution in [3.63, 3.8) is 0 Å². The molecule has 2 aromatic heterocycles. The SMILES string of the molecule is CC(C)(N)c1cnc(N2CCC(Cn3ccn(-c4ccccc4)c3=O)CC2)nc1. The summed E-state index contributed by atoms with van der Waals surface area (Å²) in [5.41, 5.74) is 7.51. The first-order valence-electron chi connectivity index (χ1n) is 10.1. The van der Waals surface area contributed by atoms with E-state index in [1.54, 1.807) is 4.57 Å². The number of hydrogen-bond acceptors (Lipinski definition) is 5. The van der Waals surface area contributed by atoms with E-state index in [0.29, 0.717) is 5.92 Å². The second-order valence-corrected chi connectivity index (χ2v) is 8.36. The lowest BCUT2D eigenvalue weighted by molar-refractivity contribution is 0.350. The molecule has 2 N–H and O–H groups in total. The molecule has 0 atom stereocenters. The molecular formula is C22H28N6O. The molecule has 0 amide bonds. The number of benzene rings is 1. The fourth-order valence-electron chi connectivity index (χ4n) is 3.75. The molecule has 0 spiro atoms. The van der Waals surface area contributed by atoms with Crippen LogP contribution in [0.2, 0.25) is 0 Å². The third-order valence-corrected chi connectivity index (χ3v) is 5.62. The Hall–Kier alpha value is -2.93. The maximum atomic E-state index is 12.7. The highest BCUT2D eigenvalue weighted by molar-refractivity contribution is 5.32. The van der Waals surface area contributed by atoms with Crippen LogP contribution >= 0.6 is 0 Å². The highest BCUT2D eigenvalue weighted by Gasteiger charge is 2.23. The fraction of sp³-hybridized carbons (Fsp3) is 0.409. The van der Waals surface area contributed by atoms with E-state index in [1.165, 1.54) is 0 Å². The predicted octanol–water partition coefficient (Wildman–Crippen LogP) is 2.54. The molecule has 1 aliphatic heterocycles. The summed E-state index contributed by atoms with van der Waals surface area (Å²) in [5.74, 6) is 1.22. The second kappa shape index (κ2) is 7.83. The standard InChI is InChI=1S/C22H28N6O/c1-22(2,23)18-14-24-20(25-15-18)26-10-8-17(9-11-26)16-27-12-13-28(21(27)29)19-6-4-3-5-7-19/h3-7,12-15,17H,8-11,16,23H2,1-2H3. The third kappa shape index (κ3) is 4.24. The molecule has 0 unspecified atom stereocenters. The largest absolute Gasteiger partial charge is 0.341 e. The van der Waals surface area contributed by atoms with Gasteiger partial charge in [0.05, 0.1) is 5.69 Å². The van der Waals surface area contributed by atoms with Crippen LogP contribution in [0.1, 0.15) is 32.3 Å². The average Bonchev–Trinajstić information content (AvgIpc) is 3.09. The molecule has 0 radical (unpaired) electrons. The Balaban J connectivity index is 1.37. The number of nitrogens with two attached hydrogens (primary N) is 1. The van der Waals surface area contributed by atoms with Gasteiger partial charge in [-0.05, 0) is 44.7 Å². The summed E-state index contributed by atoms with van der Waals surface area (Å²) in [4.78, 5) is 23.9. The molecule has 7 heteroatoms. The lowest BCUT2D eigenvalue weighted by atomic mass is 9.97. The number of nitrogens with zero attached hydrogens (tertiary/aromatic N) is 5. The molecular weight excluding hydrogens is 364 g/mol. The van der Waals surface area contributed by atoms with Gasteiger partial charge in [0.25, 0.3) is 0 Å². The molecule has 1 aromatic carbocycles. The minimum absolute atomic E-state index is 0.0157. The summed E-state index contributed by atoms with van der Waals surface area (Å²) in [7, 11) is 0. The van der Waals surface area contributed by atoms with Crippen molar-refractivity contribution >= 4 is 5.95 Å². The van der Waals surface area contributed by atoms with Crippen LogP contribution in [-0.2, 0) is 12.1 Å². The van der Waals surface area contributed by atoms with E-state index in [-0.39, 0.29) is 5.69 Å². The van der Waals surface area contributed by atoms with Crippen LogP contribution in [0.4, 0.5) is 5.95 Å². The van der Waals surface area contributed by atoms with Crippen molar-refractivity contribution in [2.75, 3.05) is 18.0 Å². The molecule has 1 aliphatic rings. The monoisotopic (exact) mass is 392 g/mol. The third-order valence-electron chi connectivity index (χ3n) is 5.62. The van der Waals surface area contributed by atoms with E-state index in [4.69, 9.17) is 5.73 Å². The van der Waals surface area contributed by atoms with Crippen molar-refractivity contribution in [2.24, 2.45) is 11.7 Å². The summed E-state index contributed by atoms with van der Waals surface area (Å²) < 4.78 is 3.52. The highest BCUT2D eigenvalue weighted by Crippen LogP contribution is 2.23. The van der Waals surface area contributed by atoms with Gasteiger partial charge in [0.15, 0.2) is 0 Å². The first kappa shape index (κ1) is 19.4. The minimum atomic E-state index is -0.436. The molecule has 3 aromatic rings. The number of imidazole rings is 1. The lowest BCUT2D eigenvalue weighted by Crippen LogP contribution is -2.37. The molecule has 7 nitrogen and oxygen atoms in total. The summed E-state index contributed by atoms with van der Waals surface area (Å²) in [6.45, 7) is 6.43. The second-order valence-electron chi connectivity index (χ2n) is 8.36. The van der Waals surface area contributed by atoms with Crippen LogP contribution in [0.15, 0.2) is 59.9 Å². The molecule has 152 valence electrons. The Bertz CT molecular complexity index is 992. The van der Waals surface area contributed by atoms with E-state index in [1.807, 2.05) is 73.5 Å². The van der Waals surface area contributed by atoms with Gasteiger partial charge in [-0.15, -0.1) is 0 Å². The van der Waals surface area contributed by atoms with Gasteiger partial charge in [-0.25, -0.2) is 14.8 Å². The minimum Gasteiger partial charge on any atom is -0.341 e. The Morgan fingerprint density at radius 2 is 1.72 bits per heavy atom. The van der Waals surface area contributed by atoms with Gasteiger partial charge in [0.1, 0.15) is 0 Å². The average molecular weight is 393 g/mol. The quantitative estimate of drug-likeness (QED) is 0.722. The zero-order chi connectivity index (χ0) is 20.4. The molecule has 29 heavy (non-hydrogen) atoms. The van der Waals surface area contributed by atoms with Crippen molar-refractivity contribution in [2.45, 2.75) is 38.8 Å². The number of rotatable bonds is 5. The molecule has 0 aliphatic carbocycles. The van der Waals surface area contributed by atoms with Crippen LogP contribution in [0.3, 0.4) is 0 Å². The van der Waals surface area contributed by atoms with E-state index in [2.05, 4.69) is 14.9 Å². The summed E-state index contributed by atoms with van der Waals surface area (Å²) in [6, 6.07) is 9.73. The van der Waals surface area contributed by atoms with E-state index in [0.717, 1.165) is 49.7 Å². The Morgan fingerprint density at radius 3 is 2.34 bits per heavy atom. The van der Waals surface area contributed by atoms with Gasteiger partial charge in [-0.2, -0.15) is 0 Å². The van der Waals surface area contributed by atoms with Crippen LogP contribution < -0.4 is 16.3 Å². The van der Waals surface area contributed by atoms with E-state index >= 15 is 0 Å². The first-order valence-corrected chi connectivity index (χ1v) is 10.1. The molecule has 4 rings (SSSR count). The number of piperidine rings is 1. The number of hydrogen-bond donors (Lipinski definition) is 1. The number of aromatic nitrogens is 4. The Morgan fingerprint density at radius 1 is 1.07 bits per heavy atom. The normalized spacial score (nSPS) is 15.6. The van der Waals surface area contributed by atoms with Gasteiger partial charge in [-0.3, -0.25) is 9.13 Å².